The number of esters is 1. The van der Waals surface area contributed by atoms with Gasteiger partial charge < -0.3 is 14.5 Å². The van der Waals surface area contributed by atoms with Crippen molar-refractivity contribution in [2.75, 3.05) is 6.61 Å². The van der Waals surface area contributed by atoms with Crippen LogP contribution in [0.25, 0.3) is 21.7 Å². The van der Waals surface area contributed by atoms with Crippen LogP contribution in [-0.2, 0) is 16.0 Å². The molecule has 3 aromatic carbocycles. The fourth-order valence-electron chi connectivity index (χ4n) is 4.00. The van der Waals surface area contributed by atoms with Gasteiger partial charge in [0.05, 0.1) is 11.6 Å². The molecule has 1 aromatic heterocycles. The molecular formula is C27H28ClNO3. The quantitative estimate of drug-likeness (QED) is 0.288. The van der Waals surface area contributed by atoms with Crippen LogP contribution in [0.5, 0.6) is 5.75 Å². The molecule has 0 saturated heterocycles. The molecule has 5 heteroatoms. The van der Waals surface area contributed by atoms with Crippen molar-refractivity contribution in [1.29, 1.82) is 0 Å². The minimum absolute atomic E-state index is 0.0910. The van der Waals surface area contributed by atoms with Crippen molar-refractivity contribution in [3.63, 3.8) is 0 Å². The van der Waals surface area contributed by atoms with E-state index in [2.05, 4.69) is 61.3 Å². The standard InChI is InChI=1S/C27H28ClNO3/c1-4-31-26(30)12-6-18-5-7-20-14-22(10-8-19(20)13-18)32-27(17(2)3)21-9-11-25-23(15-21)24(28)16-29-25/h5,7-11,13-17,27,29H,4,6,12H2,1-3H3. The van der Waals surface area contributed by atoms with Crippen molar-refractivity contribution in [1.82, 2.24) is 4.98 Å². The fraction of sp³-hybridized carbons (Fsp3) is 0.296. The van der Waals surface area contributed by atoms with Gasteiger partial charge in [0.2, 0.25) is 0 Å². The molecule has 0 amide bonds. The van der Waals surface area contributed by atoms with Gasteiger partial charge in [-0.1, -0.05) is 55.8 Å². The Labute approximate surface area is 193 Å². The second kappa shape index (κ2) is 9.66. The van der Waals surface area contributed by atoms with E-state index in [0.717, 1.165) is 38.6 Å². The Balaban J connectivity index is 1.54. The van der Waals surface area contributed by atoms with Crippen LogP contribution in [0.3, 0.4) is 0 Å². The summed E-state index contributed by atoms with van der Waals surface area (Å²) in [6.45, 7) is 6.56. The van der Waals surface area contributed by atoms with Gasteiger partial charge in [0.15, 0.2) is 0 Å². The zero-order chi connectivity index (χ0) is 22.7. The lowest BCUT2D eigenvalue weighted by molar-refractivity contribution is -0.143. The van der Waals surface area contributed by atoms with Crippen LogP contribution in [0.1, 0.15) is 44.4 Å². The van der Waals surface area contributed by atoms with E-state index in [-0.39, 0.29) is 18.0 Å². The maximum absolute atomic E-state index is 11.6. The number of aryl methyl sites for hydroxylation is 1. The average Bonchev–Trinajstić information content (AvgIpc) is 3.16. The highest BCUT2D eigenvalue weighted by atomic mass is 35.5. The first-order valence-electron chi connectivity index (χ1n) is 11.1. The number of aromatic nitrogens is 1. The van der Waals surface area contributed by atoms with E-state index in [0.29, 0.717) is 24.5 Å². The minimum Gasteiger partial charge on any atom is -0.485 e. The molecule has 0 aliphatic carbocycles. The summed E-state index contributed by atoms with van der Waals surface area (Å²) in [4.78, 5) is 14.8. The number of H-pyrrole nitrogens is 1. The van der Waals surface area contributed by atoms with E-state index < -0.39 is 0 Å². The number of ether oxygens (including phenoxy) is 2. The highest BCUT2D eigenvalue weighted by molar-refractivity contribution is 6.35. The second-order valence-electron chi connectivity index (χ2n) is 8.37. The van der Waals surface area contributed by atoms with E-state index in [1.807, 2.05) is 25.3 Å². The monoisotopic (exact) mass is 449 g/mol. The molecule has 0 aliphatic rings. The Hall–Kier alpha value is -2.98. The maximum atomic E-state index is 11.6. The Morgan fingerprint density at radius 1 is 1.03 bits per heavy atom. The van der Waals surface area contributed by atoms with Gasteiger partial charge in [-0.15, -0.1) is 0 Å². The summed E-state index contributed by atoms with van der Waals surface area (Å²) >= 11 is 6.32. The van der Waals surface area contributed by atoms with Crippen LogP contribution < -0.4 is 4.74 Å². The van der Waals surface area contributed by atoms with Gasteiger partial charge in [-0.2, -0.15) is 0 Å². The molecule has 4 nitrogen and oxygen atoms in total. The fourth-order valence-corrected chi connectivity index (χ4v) is 4.21. The number of carbonyl (C=O) groups excluding carboxylic acids is 1. The van der Waals surface area contributed by atoms with Crippen molar-refractivity contribution >= 4 is 39.2 Å². The third-order valence-electron chi connectivity index (χ3n) is 5.65. The number of benzene rings is 3. The SMILES string of the molecule is CCOC(=O)CCc1ccc2cc(OC(c3ccc4[nH]cc(Cl)c4c3)C(C)C)ccc2c1. The summed E-state index contributed by atoms with van der Waals surface area (Å²) in [5, 5.41) is 3.95. The Morgan fingerprint density at radius 2 is 1.81 bits per heavy atom. The number of carbonyl (C=O) groups is 1. The summed E-state index contributed by atoms with van der Waals surface area (Å²) in [7, 11) is 0. The van der Waals surface area contributed by atoms with Gasteiger partial charge in [-0.05, 0) is 65.4 Å². The second-order valence-corrected chi connectivity index (χ2v) is 8.78. The zero-order valence-electron chi connectivity index (χ0n) is 18.7. The molecule has 4 rings (SSSR count). The summed E-state index contributed by atoms with van der Waals surface area (Å²) in [6.07, 6.45) is 2.79. The summed E-state index contributed by atoms with van der Waals surface area (Å²) in [5.41, 5.74) is 3.24. The van der Waals surface area contributed by atoms with Crippen molar-refractivity contribution in [3.05, 3.63) is 76.9 Å². The van der Waals surface area contributed by atoms with Crippen LogP contribution in [0, 0.1) is 5.92 Å². The molecule has 1 unspecified atom stereocenters. The lowest BCUT2D eigenvalue weighted by atomic mass is 9.97. The van der Waals surface area contributed by atoms with Crippen LogP contribution in [0.4, 0.5) is 0 Å². The predicted octanol–water partition coefficient (Wildman–Crippen LogP) is 7.25. The van der Waals surface area contributed by atoms with Gasteiger partial charge in [0.1, 0.15) is 11.9 Å². The Bertz CT molecular complexity index is 1240. The normalized spacial score (nSPS) is 12.4. The third-order valence-corrected chi connectivity index (χ3v) is 5.96. The van der Waals surface area contributed by atoms with E-state index in [9.17, 15) is 4.79 Å². The van der Waals surface area contributed by atoms with E-state index in [1.165, 1.54) is 0 Å². The van der Waals surface area contributed by atoms with Crippen molar-refractivity contribution < 1.29 is 14.3 Å². The van der Waals surface area contributed by atoms with Gasteiger partial charge >= 0.3 is 5.97 Å². The van der Waals surface area contributed by atoms with Gasteiger partial charge in [-0.3, -0.25) is 4.79 Å². The minimum atomic E-state index is -0.157. The molecule has 0 bridgehead atoms. The molecule has 1 atom stereocenters. The number of fused-ring (bicyclic) bond motifs is 2. The van der Waals surface area contributed by atoms with E-state index >= 15 is 0 Å². The number of hydrogen-bond acceptors (Lipinski definition) is 3. The van der Waals surface area contributed by atoms with Crippen LogP contribution in [-0.4, -0.2) is 17.6 Å². The topological polar surface area (TPSA) is 51.3 Å². The largest absolute Gasteiger partial charge is 0.485 e. The Morgan fingerprint density at radius 3 is 2.59 bits per heavy atom. The molecule has 0 fully saturated rings. The van der Waals surface area contributed by atoms with Crippen LogP contribution >= 0.6 is 11.6 Å². The lowest BCUT2D eigenvalue weighted by Gasteiger charge is -2.23. The summed E-state index contributed by atoms with van der Waals surface area (Å²) in [5.74, 6) is 0.956. The van der Waals surface area contributed by atoms with Gasteiger partial charge in [0, 0.05) is 23.5 Å². The first-order valence-corrected chi connectivity index (χ1v) is 11.4. The molecule has 0 saturated carbocycles. The predicted molar refractivity (Wildman–Crippen MR) is 130 cm³/mol. The van der Waals surface area contributed by atoms with Crippen molar-refractivity contribution in [2.24, 2.45) is 5.92 Å². The molecule has 0 radical (unpaired) electrons. The number of rotatable bonds is 8. The molecule has 166 valence electrons. The van der Waals surface area contributed by atoms with Gasteiger partial charge in [-0.25, -0.2) is 0 Å². The first-order chi connectivity index (χ1) is 15.4. The number of halogens is 1. The molecular weight excluding hydrogens is 422 g/mol. The molecule has 0 spiro atoms. The van der Waals surface area contributed by atoms with E-state index in [4.69, 9.17) is 21.1 Å². The van der Waals surface area contributed by atoms with Crippen molar-refractivity contribution in [3.8, 4) is 5.75 Å². The van der Waals surface area contributed by atoms with E-state index in [1.54, 1.807) is 0 Å². The molecule has 1 N–H and O–H groups in total. The van der Waals surface area contributed by atoms with Crippen molar-refractivity contribution in [2.45, 2.75) is 39.7 Å². The smallest absolute Gasteiger partial charge is 0.306 e. The average molecular weight is 450 g/mol. The number of nitrogens with one attached hydrogen (secondary N) is 1. The highest BCUT2D eigenvalue weighted by Gasteiger charge is 2.19. The third kappa shape index (κ3) is 4.91. The maximum Gasteiger partial charge on any atom is 0.306 e. The highest BCUT2D eigenvalue weighted by Crippen LogP contribution is 2.33. The van der Waals surface area contributed by atoms with Crippen LogP contribution in [0.15, 0.2) is 60.8 Å². The first kappa shape index (κ1) is 22.2. The lowest BCUT2D eigenvalue weighted by Crippen LogP contribution is -2.14. The van der Waals surface area contributed by atoms with Crippen LogP contribution in [0.2, 0.25) is 5.02 Å². The summed E-state index contributed by atoms with van der Waals surface area (Å²) in [6, 6.07) is 18.7. The summed E-state index contributed by atoms with van der Waals surface area (Å²) < 4.78 is 11.5. The Kier molecular flexibility index (Phi) is 6.71. The molecule has 1 heterocycles. The zero-order valence-corrected chi connectivity index (χ0v) is 19.4. The number of aromatic amines is 1. The van der Waals surface area contributed by atoms with Gasteiger partial charge in [0.25, 0.3) is 0 Å². The molecule has 32 heavy (non-hydrogen) atoms. The molecule has 4 aromatic rings. The number of hydrogen-bond donors (Lipinski definition) is 1. The molecule has 0 aliphatic heterocycles.